The number of aliphatic hydroxyl groups excluding tert-OH is 1. The van der Waals surface area contributed by atoms with Gasteiger partial charge in [-0.15, -0.1) is 0 Å². The average molecular weight is 426 g/mol. The van der Waals surface area contributed by atoms with Crippen molar-refractivity contribution in [3.8, 4) is 22.8 Å². The van der Waals surface area contributed by atoms with Crippen molar-refractivity contribution in [1.29, 1.82) is 0 Å². The van der Waals surface area contributed by atoms with Crippen LogP contribution in [0.5, 0.6) is 0 Å². The van der Waals surface area contributed by atoms with E-state index >= 15 is 0 Å². The molecule has 30 heavy (non-hydrogen) atoms. The lowest BCUT2D eigenvalue weighted by atomic mass is 10.1. The molecule has 1 aromatic carbocycles. The molecule has 5 rings (SSSR count). The Labute approximate surface area is 176 Å². The minimum absolute atomic E-state index is 0.00330. The number of aryl methyl sites for hydroxylation is 1. The highest BCUT2D eigenvalue weighted by Gasteiger charge is 2.45. The molecule has 2 aliphatic rings. The van der Waals surface area contributed by atoms with Gasteiger partial charge in [0, 0.05) is 17.5 Å². The van der Waals surface area contributed by atoms with Crippen molar-refractivity contribution in [2.24, 2.45) is 0 Å². The lowest BCUT2D eigenvalue weighted by molar-refractivity contribution is 0.0822. The Morgan fingerprint density at radius 1 is 1.20 bits per heavy atom. The first-order valence-corrected chi connectivity index (χ1v) is 11.3. The summed E-state index contributed by atoms with van der Waals surface area (Å²) < 4.78 is 23.5. The van der Waals surface area contributed by atoms with Crippen LogP contribution in [0, 0.1) is 0 Å². The average Bonchev–Trinajstić information content (AvgIpc) is 3.15. The standard InChI is InChI=1S/C21H22N4O4S/c26-9-11-28-13-21(6-7-21)25-19-17-16(5-12-30(17)27)23-18(24-19)14-1-3-15(4-2-14)20-22-8-10-29-20/h1-4,8,10,26H,5-7,9,11-13H2,(H,23,24,25)/t30-/m1/s1. The van der Waals surface area contributed by atoms with E-state index < -0.39 is 11.2 Å². The van der Waals surface area contributed by atoms with Gasteiger partial charge in [0.05, 0.1) is 31.6 Å². The number of aromatic nitrogens is 3. The fraction of sp³-hybridized carbons (Fsp3) is 0.381. The quantitative estimate of drug-likeness (QED) is 0.417. The number of anilines is 1. The molecule has 0 radical (unpaired) electrons. The zero-order valence-electron chi connectivity index (χ0n) is 16.3. The zero-order valence-corrected chi connectivity index (χ0v) is 17.2. The first-order chi connectivity index (χ1) is 14.7. The van der Waals surface area contributed by atoms with E-state index in [9.17, 15) is 4.55 Å². The Hall–Kier alpha value is -2.46. The minimum Gasteiger partial charge on any atom is -0.611 e. The molecule has 0 amide bonds. The number of nitrogens with zero attached hydrogens (tertiary/aromatic N) is 3. The fourth-order valence-electron chi connectivity index (χ4n) is 3.58. The lowest BCUT2D eigenvalue weighted by Gasteiger charge is -2.20. The summed E-state index contributed by atoms with van der Waals surface area (Å²) in [4.78, 5) is 14.3. The van der Waals surface area contributed by atoms with Gasteiger partial charge in [-0.05, 0) is 36.2 Å². The molecule has 0 bridgehead atoms. The van der Waals surface area contributed by atoms with Crippen LogP contribution in [0.15, 0.2) is 46.0 Å². The SMILES string of the molecule is [O-][S@+]1CCc2nc(-c3ccc(-c4ncco4)cc3)nc(NC3(COCCO)CC3)c21. The molecule has 3 heterocycles. The van der Waals surface area contributed by atoms with Crippen LogP contribution in [-0.2, 0) is 22.3 Å². The van der Waals surface area contributed by atoms with Gasteiger partial charge in [0.2, 0.25) is 10.8 Å². The number of fused-ring (bicyclic) bond motifs is 1. The number of hydrogen-bond donors (Lipinski definition) is 2. The van der Waals surface area contributed by atoms with Gasteiger partial charge in [-0.2, -0.15) is 0 Å². The van der Waals surface area contributed by atoms with Gasteiger partial charge in [0.1, 0.15) is 17.7 Å². The highest BCUT2D eigenvalue weighted by Crippen LogP contribution is 2.42. The molecule has 2 aromatic heterocycles. The predicted octanol–water partition coefficient (Wildman–Crippen LogP) is 2.42. The van der Waals surface area contributed by atoms with Crippen molar-refractivity contribution >= 4 is 17.0 Å². The van der Waals surface area contributed by atoms with E-state index in [4.69, 9.17) is 24.2 Å². The van der Waals surface area contributed by atoms with E-state index in [0.29, 0.717) is 47.8 Å². The number of ether oxygens (including phenoxy) is 1. The zero-order chi connectivity index (χ0) is 20.6. The van der Waals surface area contributed by atoms with E-state index in [1.54, 1.807) is 12.5 Å². The van der Waals surface area contributed by atoms with Crippen LogP contribution in [0.4, 0.5) is 5.82 Å². The second-order valence-electron chi connectivity index (χ2n) is 7.57. The number of rotatable bonds is 8. The Bertz CT molecular complexity index is 1020. The molecular weight excluding hydrogens is 404 g/mol. The number of benzene rings is 1. The maximum absolute atomic E-state index is 12.6. The maximum atomic E-state index is 12.6. The Balaban J connectivity index is 1.45. The van der Waals surface area contributed by atoms with E-state index in [0.717, 1.165) is 29.7 Å². The molecule has 9 heteroatoms. The summed E-state index contributed by atoms with van der Waals surface area (Å²) in [6, 6.07) is 7.73. The molecule has 8 nitrogen and oxygen atoms in total. The summed E-state index contributed by atoms with van der Waals surface area (Å²) in [7, 11) is 0. The van der Waals surface area contributed by atoms with E-state index in [2.05, 4.69) is 10.3 Å². The highest BCUT2D eigenvalue weighted by atomic mass is 32.2. The number of aliphatic hydroxyl groups is 1. The Morgan fingerprint density at radius 3 is 2.70 bits per heavy atom. The summed E-state index contributed by atoms with van der Waals surface area (Å²) >= 11 is -1.10. The Kier molecular flexibility index (Phi) is 5.20. The Morgan fingerprint density at radius 2 is 2.00 bits per heavy atom. The van der Waals surface area contributed by atoms with Gasteiger partial charge in [-0.3, -0.25) is 0 Å². The number of nitrogens with one attached hydrogen (secondary N) is 1. The lowest BCUT2D eigenvalue weighted by Crippen LogP contribution is -2.29. The molecule has 0 saturated heterocycles. The smallest absolute Gasteiger partial charge is 0.225 e. The van der Waals surface area contributed by atoms with Crippen LogP contribution >= 0.6 is 0 Å². The van der Waals surface area contributed by atoms with Crippen LogP contribution in [-0.4, -0.2) is 55.7 Å². The molecule has 1 aliphatic heterocycles. The van der Waals surface area contributed by atoms with Gasteiger partial charge in [0.25, 0.3) is 0 Å². The van der Waals surface area contributed by atoms with E-state index in [-0.39, 0.29) is 12.1 Å². The second kappa shape index (κ2) is 7.99. The molecule has 2 N–H and O–H groups in total. The summed E-state index contributed by atoms with van der Waals surface area (Å²) in [6.45, 7) is 0.787. The third-order valence-corrected chi connectivity index (χ3v) is 6.82. The monoisotopic (exact) mass is 426 g/mol. The van der Waals surface area contributed by atoms with E-state index in [1.165, 1.54) is 0 Å². The molecule has 0 unspecified atom stereocenters. The minimum atomic E-state index is -1.10. The van der Waals surface area contributed by atoms with Gasteiger partial charge in [-0.1, -0.05) is 12.1 Å². The highest BCUT2D eigenvalue weighted by molar-refractivity contribution is 7.91. The summed E-state index contributed by atoms with van der Waals surface area (Å²) in [5.74, 6) is 2.36. The third kappa shape index (κ3) is 3.81. The van der Waals surface area contributed by atoms with Crippen LogP contribution in [0.1, 0.15) is 18.5 Å². The first kappa shape index (κ1) is 19.5. The van der Waals surface area contributed by atoms with Crippen LogP contribution in [0.25, 0.3) is 22.8 Å². The van der Waals surface area contributed by atoms with Crippen molar-refractivity contribution in [1.82, 2.24) is 15.0 Å². The van der Waals surface area contributed by atoms with Crippen molar-refractivity contribution in [2.75, 3.05) is 30.9 Å². The molecule has 1 aliphatic carbocycles. The second-order valence-corrected chi connectivity index (χ2v) is 9.07. The molecule has 1 atom stereocenters. The van der Waals surface area contributed by atoms with Gasteiger partial charge in [0.15, 0.2) is 11.6 Å². The van der Waals surface area contributed by atoms with Crippen LogP contribution < -0.4 is 5.32 Å². The van der Waals surface area contributed by atoms with Gasteiger partial charge in [-0.25, -0.2) is 15.0 Å². The van der Waals surface area contributed by atoms with Gasteiger partial charge >= 0.3 is 0 Å². The van der Waals surface area contributed by atoms with Crippen LogP contribution in [0.3, 0.4) is 0 Å². The summed E-state index contributed by atoms with van der Waals surface area (Å²) in [6.07, 6.45) is 5.73. The summed E-state index contributed by atoms with van der Waals surface area (Å²) in [5.41, 5.74) is 2.37. The topological polar surface area (TPSA) is 116 Å². The van der Waals surface area contributed by atoms with Crippen molar-refractivity contribution < 1.29 is 18.8 Å². The van der Waals surface area contributed by atoms with Crippen molar-refractivity contribution in [3.63, 3.8) is 0 Å². The molecule has 1 fully saturated rings. The normalized spacial score (nSPS) is 18.9. The van der Waals surface area contributed by atoms with Crippen molar-refractivity contribution in [3.05, 3.63) is 42.4 Å². The molecule has 156 valence electrons. The largest absolute Gasteiger partial charge is 0.611 e. The van der Waals surface area contributed by atoms with Crippen molar-refractivity contribution in [2.45, 2.75) is 29.7 Å². The first-order valence-electron chi connectivity index (χ1n) is 9.94. The molecule has 3 aromatic rings. The number of oxazole rings is 1. The summed E-state index contributed by atoms with van der Waals surface area (Å²) in [5, 5.41) is 12.4. The molecule has 0 spiro atoms. The third-order valence-electron chi connectivity index (χ3n) is 5.36. The predicted molar refractivity (Wildman–Crippen MR) is 111 cm³/mol. The number of hydrogen-bond acceptors (Lipinski definition) is 8. The maximum Gasteiger partial charge on any atom is 0.225 e. The van der Waals surface area contributed by atoms with Gasteiger partial charge < -0.3 is 24.1 Å². The fourth-order valence-corrected chi connectivity index (χ4v) is 4.88. The molecular formula is C21H22N4O4S. The van der Waals surface area contributed by atoms with E-state index in [1.807, 2.05) is 24.3 Å². The molecule has 1 saturated carbocycles. The van der Waals surface area contributed by atoms with Crippen LogP contribution in [0.2, 0.25) is 0 Å².